The Morgan fingerprint density at radius 3 is 2.76 bits per heavy atom. The highest BCUT2D eigenvalue weighted by molar-refractivity contribution is 5.74. The van der Waals surface area contributed by atoms with Crippen molar-refractivity contribution < 1.29 is 14.6 Å². The molecule has 2 aliphatic carbocycles. The summed E-state index contributed by atoms with van der Waals surface area (Å²) in [7, 11) is 1.74. The second-order valence-corrected chi connectivity index (χ2v) is 5.82. The van der Waals surface area contributed by atoms with E-state index >= 15 is 0 Å². The van der Waals surface area contributed by atoms with E-state index < -0.39 is 5.97 Å². The fourth-order valence-corrected chi connectivity index (χ4v) is 4.04. The van der Waals surface area contributed by atoms with Crippen LogP contribution in [0, 0.1) is 11.8 Å². The molecule has 0 aromatic rings. The molecule has 0 spiro atoms. The van der Waals surface area contributed by atoms with Gasteiger partial charge in [-0.3, -0.25) is 9.69 Å². The second-order valence-electron chi connectivity index (χ2n) is 5.82. The number of carboxylic acid groups (broad SMARTS) is 1. The summed E-state index contributed by atoms with van der Waals surface area (Å²) in [5.41, 5.74) is 0. The van der Waals surface area contributed by atoms with Crippen molar-refractivity contribution >= 4 is 5.97 Å². The zero-order valence-corrected chi connectivity index (χ0v) is 10.3. The summed E-state index contributed by atoms with van der Waals surface area (Å²) in [6.07, 6.45) is 5.94. The maximum atomic E-state index is 11.5. The van der Waals surface area contributed by atoms with E-state index in [0.29, 0.717) is 24.0 Å². The average Bonchev–Trinajstić information content (AvgIpc) is 2.74. The molecule has 0 radical (unpaired) electrons. The van der Waals surface area contributed by atoms with Crippen molar-refractivity contribution in [2.75, 3.05) is 13.7 Å². The molecule has 96 valence electrons. The predicted octanol–water partition coefficient (Wildman–Crippen LogP) is 1.35. The van der Waals surface area contributed by atoms with Crippen LogP contribution >= 0.6 is 0 Å². The van der Waals surface area contributed by atoms with Gasteiger partial charge in [-0.2, -0.15) is 0 Å². The fraction of sp³-hybridized carbons (Fsp3) is 0.923. The molecule has 1 heterocycles. The van der Waals surface area contributed by atoms with Gasteiger partial charge in [0.05, 0.1) is 6.10 Å². The van der Waals surface area contributed by atoms with Gasteiger partial charge in [0, 0.05) is 19.7 Å². The molecule has 3 atom stereocenters. The Kier molecular flexibility index (Phi) is 2.87. The zero-order valence-electron chi connectivity index (χ0n) is 10.3. The summed E-state index contributed by atoms with van der Waals surface area (Å²) in [4.78, 5) is 13.7. The third-order valence-corrected chi connectivity index (χ3v) is 5.05. The van der Waals surface area contributed by atoms with Crippen molar-refractivity contribution in [2.45, 2.75) is 50.3 Å². The number of ether oxygens (including phenoxy) is 1. The molecule has 3 rings (SSSR count). The van der Waals surface area contributed by atoms with E-state index in [4.69, 9.17) is 4.74 Å². The quantitative estimate of drug-likeness (QED) is 0.807. The molecule has 17 heavy (non-hydrogen) atoms. The molecule has 1 saturated heterocycles. The SMILES string of the molecule is COC1CC(N2CC3CCCC3C2C(=O)O)C1. The molecule has 4 nitrogen and oxygen atoms in total. The van der Waals surface area contributed by atoms with Crippen molar-refractivity contribution in [3.63, 3.8) is 0 Å². The van der Waals surface area contributed by atoms with E-state index in [0.717, 1.165) is 25.8 Å². The van der Waals surface area contributed by atoms with E-state index in [1.54, 1.807) is 7.11 Å². The maximum Gasteiger partial charge on any atom is 0.321 e. The number of hydrogen-bond acceptors (Lipinski definition) is 3. The van der Waals surface area contributed by atoms with E-state index in [1.807, 2.05) is 0 Å². The van der Waals surface area contributed by atoms with Crippen molar-refractivity contribution in [3.05, 3.63) is 0 Å². The molecule has 2 saturated carbocycles. The molecule has 3 unspecified atom stereocenters. The number of rotatable bonds is 3. The second kappa shape index (κ2) is 4.25. The summed E-state index contributed by atoms with van der Waals surface area (Å²) in [5, 5.41) is 9.45. The van der Waals surface area contributed by atoms with Gasteiger partial charge < -0.3 is 9.84 Å². The first-order chi connectivity index (χ1) is 8.20. The number of fused-ring (bicyclic) bond motifs is 1. The molecular formula is C13H21NO3. The molecule has 0 aromatic heterocycles. The van der Waals surface area contributed by atoms with Crippen LogP contribution in [0.1, 0.15) is 32.1 Å². The van der Waals surface area contributed by atoms with E-state index in [-0.39, 0.29) is 6.04 Å². The van der Waals surface area contributed by atoms with Crippen LogP contribution in [0.5, 0.6) is 0 Å². The average molecular weight is 239 g/mol. The van der Waals surface area contributed by atoms with Gasteiger partial charge in [-0.15, -0.1) is 0 Å². The Balaban J connectivity index is 1.70. The smallest absolute Gasteiger partial charge is 0.321 e. The number of carboxylic acids is 1. The molecule has 0 bridgehead atoms. The topological polar surface area (TPSA) is 49.8 Å². The number of likely N-dealkylation sites (tertiary alicyclic amines) is 1. The van der Waals surface area contributed by atoms with Crippen LogP contribution in [0.4, 0.5) is 0 Å². The molecule has 1 N–H and O–H groups in total. The monoisotopic (exact) mass is 239 g/mol. The highest BCUT2D eigenvalue weighted by atomic mass is 16.5. The summed E-state index contributed by atoms with van der Waals surface area (Å²) >= 11 is 0. The number of hydrogen-bond donors (Lipinski definition) is 1. The number of carbonyl (C=O) groups is 1. The van der Waals surface area contributed by atoms with E-state index in [9.17, 15) is 9.90 Å². The Bertz CT molecular complexity index is 314. The first kappa shape index (κ1) is 11.5. The van der Waals surface area contributed by atoms with Crippen LogP contribution in [0.15, 0.2) is 0 Å². The predicted molar refractivity (Wildman–Crippen MR) is 62.8 cm³/mol. The molecule has 1 aliphatic heterocycles. The summed E-state index contributed by atoms with van der Waals surface area (Å²) < 4.78 is 5.29. The van der Waals surface area contributed by atoms with Gasteiger partial charge in [0.15, 0.2) is 0 Å². The van der Waals surface area contributed by atoms with Gasteiger partial charge in [0.25, 0.3) is 0 Å². The fourth-order valence-electron chi connectivity index (χ4n) is 4.04. The van der Waals surface area contributed by atoms with Gasteiger partial charge >= 0.3 is 5.97 Å². The largest absolute Gasteiger partial charge is 0.480 e. The Morgan fingerprint density at radius 2 is 2.12 bits per heavy atom. The lowest BCUT2D eigenvalue weighted by atomic mass is 9.86. The molecule has 4 heteroatoms. The minimum Gasteiger partial charge on any atom is -0.480 e. The molecule has 0 amide bonds. The highest BCUT2D eigenvalue weighted by Crippen LogP contribution is 2.45. The van der Waals surface area contributed by atoms with Crippen LogP contribution in [-0.2, 0) is 9.53 Å². The minimum atomic E-state index is -0.611. The summed E-state index contributed by atoms with van der Waals surface area (Å²) in [6.45, 7) is 1.00. The van der Waals surface area contributed by atoms with Crippen LogP contribution in [0.3, 0.4) is 0 Å². The lowest BCUT2D eigenvalue weighted by Gasteiger charge is -2.42. The third kappa shape index (κ3) is 1.78. The Hall–Kier alpha value is -0.610. The molecular weight excluding hydrogens is 218 g/mol. The van der Waals surface area contributed by atoms with Crippen molar-refractivity contribution in [1.82, 2.24) is 4.90 Å². The van der Waals surface area contributed by atoms with Crippen LogP contribution in [-0.4, -0.2) is 47.8 Å². The third-order valence-electron chi connectivity index (χ3n) is 5.05. The van der Waals surface area contributed by atoms with E-state index in [2.05, 4.69) is 4.90 Å². The zero-order chi connectivity index (χ0) is 12.0. The summed E-state index contributed by atoms with van der Waals surface area (Å²) in [6, 6.07) is 0.233. The van der Waals surface area contributed by atoms with E-state index in [1.165, 1.54) is 12.8 Å². The summed E-state index contributed by atoms with van der Waals surface area (Å²) in [5.74, 6) is 0.437. The highest BCUT2D eigenvalue weighted by Gasteiger charge is 2.51. The number of aliphatic carboxylic acids is 1. The van der Waals surface area contributed by atoms with Gasteiger partial charge in [-0.05, 0) is 37.5 Å². The first-order valence-electron chi connectivity index (χ1n) is 6.72. The van der Waals surface area contributed by atoms with Gasteiger partial charge in [0.1, 0.15) is 6.04 Å². The number of nitrogens with zero attached hydrogens (tertiary/aromatic N) is 1. The molecule has 0 aromatic carbocycles. The van der Waals surface area contributed by atoms with Crippen LogP contribution < -0.4 is 0 Å². The standard InChI is InChI=1S/C13H21NO3/c1-17-10-5-9(6-10)14-7-8-3-2-4-11(8)12(14)13(15)16/h8-12H,2-7H2,1H3,(H,15,16). The van der Waals surface area contributed by atoms with Crippen molar-refractivity contribution in [3.8, 4) is 0 Å². The van der Waals surface area contributed by atoms with Gasteiger partial charge in [0.2, 0.25) is 0 Å². The number of methoxy groups -OCH3 is 1. The Labute approximate surface area is 102 Å². The lowest BCUT2D eigenvalue weighted by molar-refractivity contribution is -0.146. The molecule has 3 aliphatic rings. The minimum absolute atomic E-state index is 0.217. The normalized spacial score (nSPS) is 45.6. The Morgan fingerprint density at radius 1 is 1.35 bits per heavy atom. The van der Waals surface area contributed by atoms with Gasteiger partial charge in [-0.25, -0.2) is 0 Å². The van der Waals surface area contributed by atoms with Gasteiger partial charge in [-0.1, -0.05) is 6.42 Å². The maximum absolute atomic E-state index is 11.5. The lowest BCUT2D eigenvalue weighted by Crippen LogP contribution is -2.53. The first-order valence-corrected chi connectivity index (χ1v) is 6.72. The van der Waals surface area contributed by atoms with Crippen molar-refractivity contribution in [2.24, 2.45) is 11.8 Å². The van der Waals surface area contributed by atoms with Crippen molar-refractivity contribution in [1.29, 1.82) is 0 Å². The van der Waals surface area contributed by atoms with Crippen LogP contribution in [0.2, 0.25) is 0 Å². The molecule has 3 fully saturated rings. The van der Waals surface area contributed by atoms with Crippen LogP contribution in [0.25, 0.3) is 0 Å².